The maximum Gasteiger partial charge on any atom is 0.117 e. The molecule has 0 aliphatic heterocycles. The van der Waals surface area contributed by atoms with Gasteiger partial charge in [0.25, 0.3) is 0 Å². The predicted molar refractivity (Wildman–Crippen MR) is 57.6 cm³/mol. The molecule has 0 bridgehead atoms. The number of aromatic hydroxyl groups is 1. The average molecular weight is 212 g/mol. The Morgan fingerprint density at radius 1 is 1.43 bits per heavy atom. The van der Waals surface area contributed by atoms with Gasteiger partial charge in [0.1, 0.15) is 5.75 Å². The van der Waals surface area contributed by atoms with Gasteiger partial charge in [0.15, 0.2) is 0 Å². The van der Waals surface area contributed by atoms with Crippen molar-refractivity contribution < 1.29 is 5.11 Å². The largest absolute Gasteiger partial charge is 0.508 e. The molecule has 0 saturated heterocycles. The van der Waals surface area contributed by atoms with Crippen LogP contribution in [0.25, 0.3) is 0 Å². The van der Waals surface area contributed by atoms with Gasteiger partial charge in [0.2, 0.25) is 0 Å². The first-order valence-electron chi connectivity index (χ1n) is 4.68. The SMILES string of the molecule is CC1(C)[C@@H](N)[C@@H]1c1ccc(O)cc1Cl. The monoisotopic (exact) mass is 211 g/mol. The summed E-state index contributed by atoms with van der Waals surface area (Å²) >= 11 is 6.04. The summed E-state index contributed by atoms with van der Waals surface area (Å²) in [5.74, 6) is 0.515. The third-order valence-corrected chi connectivity index (χ3v) is 3.56. The zero-order valence-electron chi connectivity index (χ0n) is 8.29. The molecule has 0 amide bonds. The van der Waals surface area contributed by atoms with Gasteiger partial charge >= 0.3 is 0 Å². The third-order valence-electron chi connectivity index (χ3n) is 3.23. The van der Waals surface area contributed by atoms with Gasteiger partial charge in [-0.15, -0.1) is 0 Å². The molecule has 0 unspecified atom stereocenters. The zero-order valence-corrected chi connectivity index (χ0v) is 9.05. The van der Waals surface area contributed by atoms with E-state index in [9.17, 15) is 5.11 Å². The number of hydrogen-bond donors (Lipinski definition) is 2. The van der Waals surface area contributed by atoms with E-state index in [0.717, 1.165) is 5.56 Å². The van der Waals surface area contributed by atoms with Crippen LogP contribution in [0, 0.1) is 5.41 Å². The molecule has 1 aliphatic carbocycles. The van der Waals surface area contributed by atoms with Crippen LogP contribution < -0.4 is 5.73 Å². The van der Waals surface area contributed by atoms with Crippen LogP contribution in [-0.2, 0) is 0 Å². The minimum atomic E-state index is 0.126. The second-order valence-corrected chi connectivity index (χ2v) is 4.94. The fourth-order valence-corrected chi connectivity index (χ4v) is 2.33. The average Bonchev–Trinajstić information content (AvgIpc) is 2.54. The molecule has 2 nitrogen and oxygen atoms in total. The molecule has 76 valence electrons. The Morgan fingerprint density at radius 2 is 2.00 bits per heavy atom. The van der Waals surface area contributed by atoms with Crippen molar-refractivity contribution in [3.63, 3.8) is 0 Å². The Morgan fingerprint density at radius 3 is 2.43 bits per heavy atom. The lowest BCUT2D eigenvalue weighted by Gasteiger charge is -2.05. The molecule has 2 rings (SSSR count). The lowest BCUT2D eigenvalue weighted by atomic mass is 10.0. The van der Waals surface area contributed by atoms with Gasteiger partial charge in [-0.2, -0.15) is 0 Å². The van der Waals surface area contributed by atoms with Crippen LogP contribution in [0.5, 0.6) is 5.75 Å². The first-order valence-corrected chi connectivity index (χ1v) is 5.06. The highest BCUT2D eigenvalue weighted by atomic mass is 35.5. The van der Waals surface area contributed by atoms with Crippen LogP contribution >= 0.6 is 11.6 Å². The predicted octanol–water partition coefficient (Wildman–Crippen LogP) is 2.50. The van der Waals surface area contributed by atoms with Crippen LogP contribution in [0.3, 0.4) is 0 Å². The summed E-state index contributed by atoms with van der Waals surface area (Å²) in [5, 5.41) is 9.83. The Hall–Kier alpha value is -0.730. The fourth-order valence-electron chi connectivity index (χ4n) is 2.04. The minimum Gasteiger partial charge on any atom is -0.508 e. The van der Waals surface area contributed by atoms with Gasteiger partial charge in [-0.3, -0.25) is 0 Å². The Bertz CT molecular complexity index is 376. The molecule has 0 aromatic heterocycles. The van der Waals surface area contributed by atoms with Crippen LogP contribution in [0.2, 0.25) is 5.02 Å². The van der Waals surface area contributed by atoms with E-state index in [0.29, 0.717) is 10.9 Å². The number of hydrogen-bond acceptors (Lipinski definition) is 2. The number of benzene rings is 1. The van der Waals surface area contributed by atoms with Crippen molar-refractivity contribution >= 4 is 11.6 Å². The minimum absolute atomic E-state index is 0.126. The standard InChI is InChI=1S/C11H14ClNO/c1-11(2)9(10(11)13)7-4-3-6(14)5-8(7)12/h3-5,9-10,14H,13H2,1-2H3/t9-,10-/m0/s1. The van der Waals surface area contributed by atoms with Crippen LogP contribution in [0.15, 0.2) is 18.2 Å². The van der Waals surface area contributed by atoms with Gasteiger partial charge in [0.05, 0.1) is 0 Å². The summed E-state index contributed by atoms with van der Waals surface area (Å²) < 4.78 is 0. The van der Waals surface area contributed by atoms with Crippen molar-refractivity contribution in [2.75, 3.05) is 0 Å². The van der Waals surface area contributed by atoms with Crippen molar-refractivity contribution in [2.24, 2.45) is 11.1 Å². The number of halogens is 1. The first kappa shape index (κ1) is 9.81. The van der Waals surface area contributed by atoms with Crippen molar-refractivity contribution in [1.29, 1.82) is 0 Å². The van der Waals surface area contributed by atoms with E-state index < -0.39 is 0 Å². The topological polar surface area (TPSA) is 46.2 Å². The van der Waals surface area contributed by atoms with E-state index in [-0.39, 0.29) is 17.2 Å². The molecule has 1 aliphatic rings. The first-order chi connectivity index (χ1) is 6.44. The molecule has 1 saturated carbocycles. The number of nitrogens with two attached hydrogens (primary N) is 1. The smallest absolute Gasteiger partial charge is 0.117 e. The van der Waals surface area contributed by atoms with Crippen molar-refractivity contribution in [2.45, 2.75) is 25.8 Å². The molecule has 1 aromatic carbocycles. The molecule has 3 heteroatoms. The third kappa shape index (κ3) is 1.30. The van der Waals surface area contributed by atoms with Crippen molar-refractivity contribution in [3.8, 4) is 5.75 Å². The molecule has 0 heterocycles. The van der Waals surface area contributed by atoms with E-state index in [2.05, 4.69) is 13.8 Å². The molecule has 0 radical (unpaired) electrons. The summed E-state index contributed by atoms with van der Waals surface area (Å²) in [6.07, 6.45) is 0. The van der Waals surface area contributed by atoms with E-state index in [4.69, 9.17) is 17.3 Å². The van der Waals surface area contributed by atoms with Gasteiger partial charge < -0.3 is 10.8 Å². The highest BCUT2D eigenvalue weighted by Crippen LogP contribution is 2.58. The Kier molecular flexibility index (Phi) is 2.02. The maximum atomic E-state index is 9.22. The summed E-state index contributed by atoms with van der Waals surface area (Å²) in [7, 11) is 0. The van der Waals surface area contributed by atoms with Crippen LogP contribution in [-0.4, -0.2) is 11.1 Å². The number of rotatable bonds is 1. The molecule has 0 spiro atoms. The van der Waals surface area contributed by atoms with Gasteiger partial charge in [0, 0.05) is 17.0 Å². The van der Waals surface area contributed by atoms with Crippen LogP contribution in [0.4, 0.5) is 0 Å². The molecule has 14 heavy (non-hydrogen) atoms. The zero-order chi connectivity index (χ0) is 10.5. The normalized spacial score (nSPS) is 28.9. The van der Waals surface area contributed by atoms with Crippen LogP contribution in [0.1, 0.15) is 25.3 Å². The summed E-state index contributed by atoms with van der Waals surface area (Å²) in [6, 6.07) is 5.25. The van der Waals surface area contributed by atoms with Gasteiger partial charge in [-0.05, 0) is 23.1 Å². The lowest BCUT2D eigenvalue weighted by molar-refractivity contribution is 0.475. The molecule has 2 atom stereocenters. The Balaban J connectivity index is 2.36. The Labute approximate surface area is 88.7 Å². The highest BCUT2D eigenvalue weighted by molar-refractivity contribution is 6.31. The van der Waals surface area contributed by atoms with Gasteiger partial charge in [-0.25, -0.2) is 0 Å². The molecular formula is C11H14ClNO. The molecule has 1 fully saturated rings. The molecular weight excluding hydrogens is 198 g/mol. The number of phenolic OH excluding ortho intramolecular Hbond substituents is 1. The van der Waals surface area contributed by atoms with E-state index in [1.807, 2.05) is 6.07 Å². The summed E-state index contributed by atoms with van der Waals surface area (Å²) in [6.45, 7) is 4.26. The van der Waals surface area contributed by atoms with E-state index >= 15 is 0 Å². The summed E-state index contributed by atoms with van der Waals surface area (Å²) in [5.41, 5.74) is 7.13. The molecule has 1 aromatic rings. The van der Waals surface area contributed by atoms with Crippen molar-refractivity contribution in [1.82, 2.24) is 0 Å². The second kappa shape index (κ2) is 2.88. The van der Waals surface area contributed by atoms with Gasteiger partial charge in [-0.1, -0.05) is 31.5 Å². The number of phenols is 1. The highest BCUT2D eigenvalue weighted by Gasteiger charge is 2.56. The summed E-state index contributed by atoms with van der Waals surface area (Å²) in [4.78, 5) is 0. The fraction of sp³-hybridized carbons (Fsp3) is 0.455. The second-order valence-electron chi connectivity index (χ2n) is 4.53. The molecule has 3 N–H and O–H groups in total. The maximum absolute atomic E-state index is 9.22. The quantitative estimate of drug-likeness (QED) is 0.750. The lowest BCUT2D eigenvalue weighted by Crippen LogP contribution is -2.06. The van der Waals surface area contributed by atoms with E-state index in [1.54, 1.807) is 12.1 Å². The van der Waals surface area contributed by atoms with Crippen molar-refractivity contribution in [3.05, 3.63) is 28.8 Å². The van der Waals surface area contributed by atoms with E-state index in [1.165, 1.54) is 0 Å².